The van der Waals surface area contributed by atoms with E-state index in [-0.39, 0.29) is 0 Å². The normalized spacial score (nSPS) is 35.8. The number of ether oxygens (including phenoxy) is 1. The van der Waals surface area contributed by atoms with Gasteiger partial charge in [0.05, 0.1) is 6.61 Å². The third-order valence-electron chi connectivity index (χ3n) is 2.92. The molecule has 76 valence electrons. The van der Waals surface area contributed by atoms with E-state index >= 15 is 0 Å². The number of rotatable bonds is 3. The van der Waals surface area contributed by atoms with Crippen molar-refractivity contribution < 1.29 is 4.74 Å². The van der Waals surface area contributed by atoms with Gasteiger partial charge in [-0.2, -0.15) is 0 Å². The Balaban J connectivity index is 1.62. The van der Waals surface area contributed by atoms with Crippen molar-refractivity contribution in [2.24, 2.45) is 0 Å². The van der Waals surface area contributed by atoms with Crippen LogP contribution in [0.15, 0.2) is 0 Å². The molecule has 0 aromatic heterocycles. The molecule has 2 heterocycles. The third-order valence-corrected chi connectivity index (χ3v) is 2.92. The lowest BCUT2D eigenvalue weighted by Gasteiger charge is -2.17. The Labute approximate surface area is 80.4 Å². The van der Waals surface area contributed by atoms with E-state index in [1.165, 1.54) is 32.5 Å². The van der Waals surface area contributed by atoms with E-state index in [0.717, 1.165) is 13.0 Å². The van der Waals surface area contributed by atoms with Crippen molar-refractivity contribution in [1.82, 2.24) is 10.2 Å². The zero-order chi connectivity index (χ0) is 9.10. The summed E-state index contributed by atoms with van der Waals surface area (Å²) in [5.41, 5.74) is 0. The van der Waals surface area contributed by atoms with Gasteiger partial charge in [-0.25, -0.2) is 0 Å². The van der Waals surface area contributed by atoms with Crippen LogP contribution >= 0.6 is 0 Å². The third kappa shape index (κ3) is 2.66. The van der Waals surface area contributed by atoms with E-state index in [1.807, 2.05) is 0 Å². The number of hydrogen-bond acceptors (Lipinski definition) is 3. The van der Waals surface area contributed by atoms with Crippen LogP contribution in [0.4, 0.5) is 0 Å². The van der Waals surface area contributed by atoms with Gasteiger partial charge in [0.25, 0.3) is 0 Å². The molecule has 0 saturated carbocycles. The summed E-state index contributed by atoms with van der Waals surface area (Å²) >= 11 is 0. The van der Waals surface area contributed by atoms with E-state index in [1.54, 1.807) is 0 Å². The lowest BCUT2D eigenvalue weighted by atomic mass is 10.3. The quantitative estimate of drug-likeness (QED) is 0.702. The molecule has 2 aliphatic heterocycles. The SMILES string of the molecule is CC1COC(CCN2CCCC2)N1. The molecule has 0 aliphatic carbocycles. The molecule has 3 heteroatoms. The predicted octanol–water partition coefficient (Wildman–Crippen LogP) is 0.807. The molecule has 2 saturated heterocycles. The van der Waals surface area contributed by atoms with Crippen LogP contribution in [0.5, 0.6) is 0 Å². The molecular weight excluding hydrogens is 164 g/mol. The summed E-state index contributed by atoms with van der Waals surface area (Å²) in [4.78, 5) is 2.54. The molecule has 0 aromatic carbocycles. The molecule has 0 amide bonds. The summed E-state index contributed by atoms with van der Waals surface area (Å²) in [7, 11) is 0. The van der Waals surface area contributed by atoms with Gasteiger partial charge in [-0.15, -0.1) is 0 Å². The van der Waals surface area contributed by atoms with Gasteiger partial charge in [0.1, 0.15) is 6.23 Å². The second-order valence-electron chi connectivity index (χ2n) is 4.23. The van der Waals surface area contributed by atoms with Crippen molar-refractivity contribution >= 4 is 0 Å². The van der Waals surface area contributed by atoms with Crippen molar-refractivity contribution in [2.75, 3.05) is 26.2 Å². The maximum absolute atomic E-state index is 5.59. The van der Waals surface area contributed by atoms with Crippen molar-refractivity contribution in [2.45, 2.75) is 38.5 Å². The highest BCUT2D eigenvalue weighted by Gasteiger charge is 2.21. The number of nitrogens with zero attached hydrogens (tertiary/aromatic N) is 1. The molecule has 3 nitrogen and oxygen atoms in total. The first-order valence-corrected chi connectivity index (χ1v) is 5.44. The minimum Gasteiger partial charge on any atom is -0.362 e. The van der Waals surface area contributed by atoms with Gasteiger partial charge < -0.3 is 9.64 Å². The predicted molar refractivity (Wildman–Crippen MR) is 52.6 cm³/mol. The standard InChI is InChI=1S/C10H20N2O/c1-9-8-13-10(11-9)4-7-12-5-2-3-6-12/h9-11H,2-8H2,1H3. The van der Waals surface area contributed by atoms with Gasteiger partial charge in [-0.05, 0) is 39.3 Å². The van der Waals surface area contributed by atoms with E-state index in [4.69, 9.17) is 4.74 Å². The zero-order valence-corrected chi connectivity index (χ0v) is 8.46. The van der Waals surface area contributed by atoms with Crippen LogP contribution in [-0.2, 0) is 4.74 Å². The molecule has 2 fully saturated rings. The molecule has 1 N–H and O–H groups in total. The molecule has 13 heavy (non-hydrogen) atoms. The fourth-order valence-corrected chi connectivity index (χ4v) is 2.15. The highest BCUT2D eigenvalue weighted by molar-refractivity contribution is 4.74. The van der Waals surface area contributed by atoms with Crippen molar-refractivity contribution in [3.63, 3.8) is 0 Å². The average Bonchev–Trinajstić information content (AvgIpc) is 2.71. The van der Waals surface area contributed by atoms with Gasteiger partial charge in [-0.1, -0.05) is 0 Å². The van der Waals surface area contributed by atoms with Crippen LogP contribution in [-0.4, -0.2) is 43.4 Å². The Morgan fingerprint density at radius 3 is 2.77 bits per heavy atom. The summed E-state index contributed by atoms with van der Waals surface area (Å²) in [5, 5.41) is 3.43. The molecular formula is C10H20N2O. The van der Waals surface area contributed by atoms with Gasteiger partial charge >= 0.3 is 0 Å². The van der Waals surface area contributed by atoms with Crippen LogP contribution in [0.1, 0.15) is 26.2 Å². The number of nitrogens with one attached hydrogen (secondary N) is 1. The van der Waals surface area contributed by atoms with Crippen LogP contribution < -0.4 is 5.32 Å². The molecule has 0 bridgehead atoms. The maximum atomic E-state index is 5.59. The van der Waals surface area contributed by atoms with E-state index in [0.29, 0.717) is 12.3 Å². The topological polar surface area (TPSA) is 24.5 Å². The fraction of sp³-hybridized carbons (Fsp3) is 1.00. The molecule has 2 unspecified atom stereocenters. The highest BCUT2D eigenvalue weighted by Crippen LogP contribution is 2.11. The Morgan fingerprint density at radius 1 is 1.38 bits per heavy atom. The monoisotopic (exact) mass is 184 g/mol. The first-order valence-electron chi connectivity index (χ1n) is 5.44. The highest BCUT2D eigenvalue weighted by atomic mass is 16.5. The van der Waals surface area contributed by atoms with Crippen LogP contribution in [0, 0.1) is 0 Å². The van der Waals surface area contributed by atoms with E-state index in [2.05, 4.69) is 17.1 Å². The minimum absolute atomic E-state index is 0.315. The van der Waals surface area contributed by atoms with Crippen LogP contribution in [0.25, 0.3) is 0 Å². The van der Waals surface area contributed by atoms with Crippen molar-refractivity contribution in [3.05, 3.63) is 0 Å². The number of hydrogen-bond donors (Lipinski definition) is 1. The molecule has 0 radical (unpaired) electrons. The molecule has 2 rings (SSSR count). The largest absolute Gasteiger partial charge is 0.362 e. The van der Waals surface area contributed by atoms with Gasteiger partial charge in [0, 0.05) is 12.6 Å². The summed E-state index contributed by atoms with van der Waals surface area (Å²) in [5.74, 6) is 0. The van der Waals surface area contributed by atoms with Crippen LogP contribution in [0.3, 0.4) is 0 Å². The smallest absolute Gasteiger partial charge is 0.109 e. The zero-order valence-electron chi connectivity index (χ0n) is 8.46. The van der Waals surface area contributed by atoms with E-state index in [9.17, 15) is 0 Å². The molecule has 2 aliphatic rings. The Kier molecular flexibility index (Phi) is 3.19. The minimum atomic E-state index is 0.315. The summed E-state index contributed by atoms with van der Waals surface area (Å²) < 4.78 is 5.59. The lowest BCUT2D eigenvalue weighted by molar-refractivity contribution is 0.0846. The van der Waals surface area contributed by atoms with Gasteiger partial charge in [0.15, 0.2) is 0 Å². The molecule has 0 spiro atoms. The fourth-order valence-electron chi connectivity index (χ4n) is 2.15. The first-order chi connectivity index (χ1) is 6.34. The van der Waals surface area contributed by atoms with Gasteiger partial charge in [-0.3, -0.25) is 5.32 Å². The Bertz CT molecular complexity index is 157. The summed E-state index contributed by atoms with van der Waals surface area (Å²) in [6, 6.07) is 0.545. The Hall–Kier alpha value is -0.120. The second kappa shape index (κ2) is 4.40. The average molecular weight is 184 g/mol. The van der Waals surface area contributed by atoms with Gasteiger partial charge in [0.2, 0.25) is 0 Å². The lowest BCUT2D eigenvalue weighted by Crippen LogP contribution is -2.32. The van der Waals surface area contributed by atoms with Crippen molar-refractivity contribution in [1.29, 1.82) is 0 Å². The number of likely N-dealkylation sites (tertiary alicyclic amines) is 1. The Morgan fingerprint density at radius 2 is 2.15 bits per heavy atom. The molecule has 2 atom stereocenters. The maximum Gasteiger partial charge on any atom is 0.109 e. The summed E-state index contributed by atoms with van der Waals surface area (Å²) in [6.07, 6.45) is 4.23. The summed E-state index contributed by atoms with van der Waals surface area (Å²) in [6.45, 7) is 6.84. The molecule has 0 aromatic rings. The second-order valence-corrected chi connectivity index (χ2v) is 4.23. The van der Waals surface area contributed by atoms with E-state index < -0.39 is 0 Å². The van der Waals surface area contributed by atoms with Crippen molar-refractivity contribution in [3.8, 4) is 0 Å². The van der Waals surface area contributed by atoms with Crippen LogP contribution in [0.2, 0.25) is 0 Å². The first kappa shape index (κ1) is 9.44.